The lowest BCUT2D eigenvalue weighted by molar-refractivity contribution is -0.130. The van der Waals surface area contributed by atoms with Gasteiger partial charge in [-0.1, -0.05) is 18.2 Å². The highest BCUT2D eigenvalue weighted by molar-refractivity contribution is 5.96. The maximum atomic E-state index is 12.3. The normalized spacial score (nSPS) is 23.4. The predicted molar refractivity (Wildman–Crippen MR) is 91.7 cm³/mol. The van der Waals surface area contributed by atoms with Gasteiger partial charge in [0.1, 0.15) is 0 Å². The Balaban J connectivity index is 0.00000192. The van der Waals surface area contributed by atoms with Crippen LogP contribution in [0.15, 0.2) is 30.3 Å². The van der Waals surface area contributed by atoms with Crippen LogP contribution in [0, 0.1) is 11.8 Å². The van der Waals surface area contributed by atoms with Crippen LogP contribution in [0.2, 0.25) is 0 Å². The number of hydrogen-bond acceptors (Lipinski definition) is 3. The van der Waals surface area contributed by atoms with Crippen molar-refractivity contribution in [3.8, 4) is 0 Å². The first kappa shape index (κ1) is 17.8. The third-order valence-electron chi connectivity index (χ3n) is 4.81. The summed E-state index contributed by atoms with van der Waals surface area (Å²) in [5.41, 5.74) is 0.590. The molecule has 2 N–H and O–H groups in total. The van der Waals surface area contributed by atoms with Crippen LogP contribution >= 0.6 is 12.4 Å². The van der Waals surface area contributed by atoms with Gasteiger partial charge in [-0.2, -0.15) is 0 Å². The minimum absolute atomic E-state index is 0. The zero-order valence-corrected chi connectivity index (χ0v) is 14.0. The smallest absolute Gasteiger partial charge is 0.251 e. The van der Waals surface area contributed by atoms with Crippen LogP contribution in [0.5, 0.6) is 0 Å². The second-order valence-corrected chi connectivity index (χ2v) is 6.19. The van der Waals surface area contributed by atoms with Crippen LogP contribution in [-0.2, 0) is 4.79 Å². The third-order valence-corrected chi connectivity index (χ3v) is 4.81. The standard InChI is InChI=1S/C17H23N3O2.ClH/c21-16(12-19-17(22)13-4-2-1-3-5-13)20-8-6-14-10-18-11-15(14)7-9-20;/h1-5,14-15,18H,6-12H2,(H,19,22);1H/t14-,15+;. The number of carbonyl (C=O) groups excluding carboxylic acids is 2. The molecule has 2 fully saturated rings. The molecule has 2 amide bonds. The van der Waals surface area contributed by atoms with Gasteiger partial charge in [-0.3, -0.25) is 9.59 Å². The van der Waals surface area contributed by atoms with Crippen molar-refractivity contribution in [3.63, 3.8) is 0 Å². The van der Waals surface area contributed by atoms with E-state index < -0.39 is 0 Å². The molecule has 2 atom stereocenters. The van der Waals surface area contributed by atoms with E-state index in [4.69, 9.17) is 0 Å². The van der Waals surface area contributed by atoms with Gasteiger partial charge in [0.2, 0.25) is 5.91 Å². The van der Waals surface area contributed by atoms with Crippen LogP contribution in [0.4, 0.5) is 0 Å². The van der Waals surface area contributed by atoms with E-state index in [0.29, 0.717) is 17.4 Å². The van der Waals surface area contributed by atoms with E-state index in [0.717, 1.165) is 39.0 Å². The summed E-state index contributed by atoms with van der Waals surface area (Å²) in [5, 5.41) is 6.16. The molecule has 2 heterocycles. The number of fused-ring (bicyclic) bond motifs is 1. The summed E-state index contributed by atoms with van der Waals surface area (Å²) >= 11 is 0. The minimum Gasteiger partial charge on any atom is -0.343 e. The van der Waals surface area contributed by atoms with Crippen molar-refractivity contribution in [3.05, 3.63) is 35.9 Å². The zero-order valence-electron chi connectivity index (χ0n) is 13.2. The minimum atomic E-state index is -0.190. The van der Waals surface area contributed by atoms with Crippen molar-refractivity contribution >= 4 is 24.2 Å². The molecule has 126 valence electrons. The van der Waals surface area contributed by atoms with Gasteiger partial charge in [0, 0.05) is 18.7 Å². The SMILES string of the molecule is Cl.O=C(NCC(=O)N1CC[C@@H]2CNC[C@@H]2CC1)c1ccccc1. The van der Waals surface area contributed by atoms with Gasteiger partial charge < -0.3 is 15.5 Å². The first-order chi connectivity index (χ1) is 10.7. The second kappa shape index (κ2) is 8.31. The number of benzene rings is 1. The summed E-state index contributed by atoms with van der Waals surface area (Å²) < 4.78 is 0. The molecule has 0 unspecified atom stereocenters. The van der Waals surface area contributed by atoms with Crippen molar-refractivity contribution in [2.45, 2.75) is 12.8 Å². The zero-order chi connectivity index (χ0) is 15.4. The van der Waals surface area contributed by atoms with Crippen LogP contribution in [0.3, 0.4) is 0 Å². The van der Waals surface area contributed by atoms with E-state index in [2.05, 4.69) is 10.6 Å². The summed E-state index contributed by atoms with van der Waals surface area (Å²) in [4.78, 5) is 26.2. The second-order valence-electron chi connectivity index (χ2n) is 6.19. The lowest BCUT2D eigenvalue weighted by Crippen LogP contribution is -2.41. The summed E-state index contributed by atoms with van der Waals surface area (Å²) in [6, 6.07) is 9.00. The fourth-order valence-corrected chi connectivity index (χ4v) is 3.43. The largest absolute Gasteiger partial charge is 0.343 e. The fourth-order valence-electron chi connectivity index (χ4n) is 3.43. The topological polar surface area (TPSA) is 61.4 Å². The summed E-state index contributed by atoms with van der Waals surface area (Å²) in [7, 11) is 0. The number of carbonyl (C=O) groups is 2. The average molecular weight is 338 g/mol. The van der Waals surface area contributed by atoms with Crippen LogP contribution in [0.1, 0.15) is 23.2 Å². The first-order valence-corrected chi connectivity index (χ1v) is 8.06. The van der Waals surface area contributed by atoms with Gasteiger partial charge in [0.05, 0.1) is 6.54 Å². The van der Waals surface area contributed by atoms with Crippen molar-refractivity contribution in [2.75, 3.05) is 32.7 Å². The van der Waals surface area contributed by atoms with Crippen molar-refractivity contribution in [2.24, 2.45) is 11.8 Å². The van der Waals surface area contributed by atoms with Gasteiger partial charge >= 0.3 is 0 Å². The number of rotatable bonds is 3. The Morgan fingerprint density at radius 3 is 2.30 bits per heavy atom. The van der Waals surface area contributed by atoms with E-state index in [9.17, 15) is 9.59 Å². The van der Waals surface area contributed by atoms with E-state index in [-0.39, 0.29) is 30.8 Å². The van der Waals surface area contributed by atoms with Crippen molar-refractivity contribution in [1.82, 2.24) is 15.5 Å². The van der Waals surface area contributed by atoms with Crippen molar-refractivity contribution < 1.29 is 9.59 Å². The Kier molecular flexibility index (Phi) is 6.42. The molecule has 2 aliphatic heterocycles. The average Bonchev–Trinajstić information content (AvgIpc) is 2.91. The fraction of sp³-hybridized carbons (Fsp3) is 0.529. The molecular formula is C17H24ClN3O2. The Morgan fingerprint density at radius 2 is 1.70 bits per heavy atom. The Morgan fingerprint density at radius 1 is 1.09 bits per heavy atom. The van der Waals surface area contributed by atoms with Gasteiger partial charge in [-0.05, 0) is 49.9 Å². The first-order valence-electron chi connectivity index (χ1n) is 8.06. The molecule has 0 radical (unpaired) electrons. The Hall–Kier alpha value is -1.59. The number of likely N-dealkylation sites (tertiary alicyclic amines) is 1. The molecule has 2 saturated heterocycles. The molecule has 0 saturated carbocycles. The lowest BCUT2D eigenvalue weighted by Gasteiger charge is -2.21. The number of nitrogens with one attached hydrogen (secondary N) is 2. The number of halogens is 1. The van der Waals surface area contributed by atoms with Gasteiger partial charge in [-0.15, -0.1) is 12.4 Å². The molecule has 0 aliphatic carbocycles. The lowest BCUT2D eigenvalue weighted by atomic mass is 9.92. The predicted octanol–water partition coefficient (Wildman–Crippen LogP) is 1.30. The van der Waals surface area contributed by atoms with E-state index in [1.807, 2.05) is 23.1 Å². The molecule has 2 aliphatic rings. The summed E-state index contributed by atoms with van der Waals surface area (Å²) in [6.07, 6.45) is 2.13. The molecule has 6 heteroatoms. The van der Waals surface area contributed by atoms with Crippen LogP contribution < -0.4 is 10.6 Å². The molecule has 1 aromatic rings. The Bertz CT molecular complexity index is 524. The van der Waals surface area contributed by atoms with E-state index in [1.54, 1.807) is 12.1 Å². The highest BCUT2D eigenvalue weighted by Crippen LogP contribution is 2.26. The number of hydrogen-bond donors (Lipinski definition) is 2. The van der Waals surface area contributed by atoms with Gasteiger partial charge in [0.25, 0.3) is 5.91 Å². The summed E-state index contributed by atoms with van der Waals surface area (Å²) in [5.74, 6) is 1.25. The molecule has 0 bridgehead atoms. The third kappa shape index (κ3) is 4.45. The number of nitrogens with zero attached hydrogens (tertiary/aromatic N) is 1. The molecule has 1 aromatic carbocycles. The Labute approximate surface area is 143 Å². The van der Waals surface area contributed by atoms with E-state index >= 15 is 0 Å². The maximum Gasteiger partial charge on any atom is 0.251 e. The van der Waals surface area contributed by atoms with Crippen LogP contribution in [0.25, 0.3) is 0 Å². The van der Waals surface area contributed by atoms with Crippen molar-refractivity contribution in [1.29, 1.82) is 0 Å². The monoisotopic (exact) mass is 337 g/mol. The molecular weight excluding hydrogens is 314 g/mol. The molecule has 5 nitrogen and oxygen atoms in total. The molecule has 23 heavy (non-hydrogen) atoms. The van der Waals surface area contributed by atoms with Gasteiger partial charge in [0.15, 0.2) is 0 Å². The highest BCUT2D eigenvalue weighted by atomic mass is 35.5. The quantitative estimate of drug-likeness (QED) is 0.874. The van der Waals surface area contributed by atoms with E-state index in [1.165, 1.54) is 0 Å². The number of amides is 2. The molecule has 0 aromatic heterocycles. The van der Waals surface area contributed by atoms with Crippen LogP contribution in [-0.4, -0.2) is 49.4 Å². The summed E-state index contributed by atoms with van der Waals surface area (Å²) in [6.45, 7) is 3.86. The maximum absolute atomic E-state index is 12.3. The molecule has 3 rings (SSSR count). The van der Waals surface area contributed by atoms with Gasteiger partial charge in [-0.25, -0.2) is 0 Å². The molecule has 0 spiro atoms. The highest BCUT2D eigenvalue weighted by Gasteiger charge is 2.31.